The fourth-order valence-electron chi connectivity index (χ4n) is 5.06. The first-order chi connectivity index (χ1) is 20.1. The van der Waals surface area contributed by atoms with Crippen molar-refractivity contribution < 1.29 is 27.9 Å². The van der Waals surface area contributed by atoms with Crippen LogP contribution in [-0.2, 0) is 23.8 Å². The number of carbonyl (C=O) groups excluding carboxylic acids is 2. The minimum Gasteiger partial charge on any atom is -0.390 e. The number of alkyl halides is 3. The van der Waals surface area contributed by atoms with Crippen LogP contribution >= 0.6 is 0 Å². The number of amides is 2. The van der Waals surface area contributed by atoms with Crippen molar-refractivity contribution in [3.8, 4) is 0 Å². The molecule has 10 heteroatoms. The highest BCUT2D eigenvalue weighted by atomic mass is 19.4. The van der Waals surface area contributed by atoms with Crippen molar-refractivity contribution >= 4 is 23.2 Å². The Balaban J connectivity index is 1.45. The molecule has 7 nitrogen and oxygen atoms in total. The highest BCUT2D eigenvalue weighted by Crippen LogP contribution is 2.30. The maximum absolute atomic E-state index is 13.5. The van der Waals surface area contributed by atoms with E-state index >= 15 is 0 Å². The van der Waals surface area contributed by atoms with Crippen molar-refractivity contribution in [1.82, 2.24) is 10.6 Å². The highest BCUT2D eigenvalue weighted by Gasteiger charge is 2.30. The first kappa shape index (κ1) is 31.1. The zero-order chi connectivity index (χ0) is 30.1. The number of nitrogens with zero attached hydrogens (tertiary/aromatic N) is 1. The van der Waals surface area contributed by atoms with Crippen molar-refractivity contribution in [1.29, 1.82) is 0 Å². The number of hydrogen-bond acceptors (Lipinski definition) is 5. The average Bonchev–Trinajstić information content (AvgIpc) is 3.41. The number of aliphatic hydroxyl groups is 1. The number of rotatable bonds is 13. The number of aliphatic hydroxyl groups excluding tert-OH is 1. The fraction of sp³-hybridized carbons (Fsp3) is 0.375. The van der Waals surface area contributed by atoms with Gasteiger partial charge in [-0.3, -0.25) is 9.59 Å². The summed E-state index contributed by atoms with van der Waals surface area (Å²) in [7, 11) is 0. The van der Waals surface area contributed by atoms with Crippen LogP contribution in [0.25, 0.3) is 0 Å². The van der Waals surface area contributed by atoms with Crippen LogP contribution < -0.4 is 20.9 Å². The van der Waals surface area contributed by atoms with Crippen LogP contribution in [0, 0.1) is 0 Å². The van der Waals surface area contributed by atoms with E-state index in [9.17, 15) is 27.9 Å². The Morgan fingerprint density at radius 1 is 1.02 bits per heavy atom. The Morgan fingerprint density at radius 3 is 2.48 bits per heavy atom. The van der Waals surface area contributed by atoms with Gasteiger partial charge in [-0.2, -0.15) is 13.2 Å². The molecule has 42 heavy (non-hydrogen) atoms. The van der Waals surface area contributed by atoms with Gasteiger partial charge in [0.15, 0.2) is 0 Å². The summed E-state index contributed by atoms with van der Waals surface area (Å²) >= 11 is 0. The first-order valence-electron chi connectivity index (χ1n) is 14.2. The lowest BCUT2D eigenvalue weighted by molar-refractivity contribution is -0.137. The Morgan fingerprint density at radius 2 is 1.79 bits per heavy atom. The van der Waals surface area contributed by atoms with Crippen molar-refractivity contribution in [2.75, 3.05) is 36.4 Å². The zero-order valence-electron chi connectivity index (χ0n) is 23.6. The van der Waals surface area contributed by atoms with Gasteiger partial charge in [-0.25, -0.2) is 0 Å². The van der Waals surface area contributed by atoms with Gasteiger partial charge >= 0.3 is 6.18 Å². The molecule has 3 aromatic rings. The maximum atomic E-state index is 13.5. The summed E-state index contributed by atoms with van der Waals surface area (Å²) in [6.07, 6.45) is -3.43. The van der Waals surface area contributed by atoms with E-state index in [-0.39, 0.29) is 18.4 Å². The Labute approximate surface area is 244 Å². The minimum atomic E-state index is -4.40. The van der Waals surface area contributed by atoms with Gasteiger partial charge in [0.1, 0.15) is 0 Å². The molecule has 1 fully saturated rings. The molecule has 4 rings (SSSR count). The molecule has 2 atom stereocenters. The first-order valence-corrected chi connectivity index (χ1v) is 14.2. The summed E-state index contributed by atoms with van der Waals surface area (Å²) in [6, 6.07) is 19.3. The number of carbonyl (C=O) groups is 2. The second-order valence-electron chi connectivity index (χ2n) is 10.4. The second-order valence-corrected chi connectivity index (χ2v) is 10.4. The lowest BCUT2D eigenvalue weighted by Gasteiger charge is -2.25. The second kappa shape index (κ2) is 14.3. The Kier molecular flexibility index (Phi) is 10.6. The SMILES string of the molecule is CCNc1cc(C(=O)N[C@@H](Cc2ccccc2)[C@H](O)CNCCc2cccc(C(F)(F)F)c2)cc(N2CCCC2=O)c1. The molecule has 1 heterocycles. The standard InChI is InChI=1S/C32H37F3N4O3/c1-2-37-26-18-24(19-27(20-26)39-15-7-12-30(39)41)31(42)38-28(17-22-8-4-3-5-9-22)29(40)21-36-14-13-23-10-6-11-25(16-23)32(33,34)35/h3-6,8-11,16,18-20,28-29,36-37,40H,2,7,12-15,17,21H2,1H3,(H,38,42)/t28-,29+/m0/s1. The smallest absolute Gasteiger partial charge is 0.390 e. The van der Waals surface area contributed by atoms with Crippen LogP contribution in [0.2, 0.25) is 0 Å². The Hall–Kier alpha value is -3.89. The third-order valence-corrected chi connectivity index (χ3v) is 7.22. The molecular formula is C32H37F3N4O3. The van der Waals surface area contributed by atoms with Gasteiger partial charge in [-0.15, -0.1) is 0 Å². The molecule has 0 unspecified atom stereocenters. The number of halogens is 3. The molecule has 0 saturated carbocycles. The van der Waals surface area contributed by atoms with E-state index in [2.05, 4.69) is 16.0 Å². The number of nitrogens with one attached hydrogen (secondary N) is 3. The normalized spacial score (nSPS) is 15.0. The van der Waals surface area contributed by atoms with Gasteiger partial charge in [0.05, 0.1) is 17.7 Å². The van der Waals surface area contributed by atoms with Crippen molar-refractivity contribution in [2.24, 2.45) is 0 Å². The van der Waals surface area contributed by atoms with Crippen molar-refractivity contribution in [3.63, 3.8) is 0 Å². The van der Waals surface area contributed by atoms with Crippen LogP contribution in [0.15, 0.2) is 72.8 Å². The van der Waals surface area contributed by atoms with Gasteiger partial charge in [0.2, 0.25) is 5.91 Å². The molecule has 0 bridgehead atoms. The van der Waals surface area contributed by atoms with Crippen molar-refractivity contribution in [3.05, 3.63) is 95.1 Å². The predicted molar refractivity (Wildman–Crippen MR) is 158 cm³/mol. The zero-order valence-corrected chi connectivity index (χ0v) is 23.6. The van der Waals surface area contributed by atoms with Crippen LogP contribution in [0.1, 0.15) is 46.8 Å². The molecule has 224 valence electrons. The topological polar surface area (TPSA) is 93.7 Å². The lowest BCUT2D eigenvalue weighted by Crippen LogP contribution is -2.49. The summed E-state index contributed by atoms with van der Waals surface area (Å²) in [5, 5.41) is 20.4. The molecule has 0 radical (unpaired) electrons. The summed E-state index contributed by atoms with van der Waals surface area (Å²) in [5.41, 5.74) is 2.50. The van der Waals surface area contributed by atoms with E-state index in [0.717, 1.165) is 29.8 Å². The molecule has 2 amide bonds. The maximum Gasteiger partial charge on any atom is 0.416 e. The molecule has 0 aliphatic carbocycles. The molecule has 1 aliphatic rings. The fourth-order valence-corrected chi connectivity index (χ4v) is 5.06. The van der Waals surface area contributed by atoms with Gasteiger partial charge in [-0.1, -0.05) is 48.5 Å². The third kappa shape index (κ3) is 8.56. The lowest BCUT2D eigenvalue weighted by atomic mass is 10.00. The van der Waals surface area contributed by atoms with Crippen LogP contribution in [0.5, 0.6) is 0 Å². The molecule has 1 saturated heterocycles. The Bertz CT molecular complexity index is 1350. The number of anilines is 2. The predicted octanol–water partition coefficient (Wildman–Crippen LogP) is 4.80. The summed E-state index contributed by atoms with van der Waals surface area (Å²) in [6.45, 7) is 3.65. The molecule has 1 aliphatic heterocycles. The number of benzene rings is 3. The molecular weight excluding hydrogens is 545 g/mol. The quantitative estimate of drug-likeness (QED) is 0.217. The van der Waals surface area contributed by atoms with E-state index in [1.165, 1.54) is 6.07 Å². The summed E-state index contributed by atoms with van der Waals surface area (Å²) < 4.78 is 39.1. The van der Waals surface area contributed by atoms with Crippen LogP contribution in [0.3, 0.4) is 0 Å². The summed E-state index contributed by atoms with van der Waals surface area (Å²) in [5.74, 6) is -0.366. The molecule has 3 aromatic carbocycles. The van der Waals surface area contributed by atoms with Gasteiger partial charge in [0.25, 0.3) is 5.91 Å². The molecule has 0 aromatic heterocycles. The third-order valence-electron chi connectivity index (χ3n) is 7.22. The summed E-state index contributed by atoms with van der Waals surface area (Å²) in [4.78, 5) is 27.6. The van der Waals surface area contributed by atoms with Gasteiger partial charge in [-0.05, 0) is 68.1 Å². The highest BCUT2D eigenvalue weighted by molar-refractivity contribution is 6.00. The van der Waals surface area contributed by atoms with Crippen LogP contribution in [0.4, 0.5) is 24.5 Å². The average molecular weight is 583 g/mol. The van der Waals surface area contributed by atoms with Crippen molar-refractivity contribution in [2.45, 2.75) is 50.9 Å². The van der Waals surface area contributed by atoms with E-state index in [1.807, 2.05) is 43.3 Å². The minimum absolute atomic E-state index is 0.0172. The molecule has 4 N–H and O–H groups in total. The number of hydrogen-bond donors (Lipinski definition) is 4. The molecule has 0 spiro atoms. The van der Waals surface area contributed by atoms with E-state index in [0.29, 0.717) is 55.7 Å². The van der Waals surface area contributed by atoms with Gasteiger partial charge in [0, 0.05) is 43.0 Å². The van der Waals surface area contributed by atoms with Crippen LogP contribution in [-0.4, -0.2) is 55.2 Å². The monoisotopic (exact) mass is 582 g/mol. The van der Waals surface area contributed by atoms with Gasteiger partial charge < -0.3 is 26.0 Å². The van der Waals surface area contributed by atoms with E-state index in [4.69, 9.17) is 0 Å². The largest absolute Gasteiger partial charge is 0.416 e. The van der Waals surface area contributed by atoms with E-state index < -0.39 is 23.9 Å². The van der Waals surface area contributed by atoms with E-state index in [1.54, 1.807) is 23.1 Å².